The van der Waals surface area contributed by atoms with Crippen LogP contribution in [-0.2, 0) is 10.6 Å². The average molecular weight is 454 g/mol. The van der Waals surface area contributed by atoms with Crippen LogP contribution in [0.1, 0.15) is 17.5 Å². The van der Waals surface area contributed by atoms with Gasteiger partial charge in [-0.25, -0.2) is 4.99 Å². The molecule has 3 aromatic carbocycles. The van der Waals surface area contributed by atoms with E-state index in [0.717, 1.165) is 27.5 Å². The van der Waals surface area contributed by atoms with Gasteiger partial charge in [-0.2, -0.15) is 0 Å². The summed E-state index contributed by atoms with van der Waals surface area (Å²) in [4.78, 5) is 13.3. The molecule has 2 aliphatic rings. The van der Waals surface area contributed by atoms with Crippen molar-refractivity contribution >= 4 is 57.2 Å². The monoisotopic (exact) mass is 453 g/mol. The lowest BCUT2D eigenvalue weighted by molar-refractivity contribution is -0.0148. The molecule has 0 spiro atoms. The fourth-order valence-corrected chi connectivity index (χ4v) is 4.59. The van der Waals surface area contributed by atoms with Gasteiger partial charge >= 0.3 is 0 Å². The number of fused-ring (bicyclic) bond motifs is 3. The maximum Gasteiger partial charge on any atom is 0.247 e. The van der Waals surface area contributed by atoms with Crippen LogP contribution in [0.15, 0.2) is 82.9 Å². The molecule has 5 rings (SSSR count). The molecule has 150 valence electrons. The van der Waals surface area contributed by atoms with Crippen LogP contribution >= 0.6 is 35.0 Å². The molecule has 0 fully saturated rings. The lowest BCUT2D eigenvalue weighted by atomic mass is 9.96. The van der Waals surface area contributed by atoms with Gasteiger partial charge < -0.3 is 4.84 Å². The molecular formula is C23H17Cl2N3OS. The number of benzene rings is 3. The Labute approximate surface area is 189 Å². The summed E-state index contributed by atoms with van der Waals surface area (Å²) in [5.74, 6) is 0.714. The average Bonchev–Trinajstić information content (AvgIpc) is 3.07. The number of nitrogens with zero attached hydrogens (tertiary/aromatic N) is 3. The number of aliphatic imine (C=N–C) groups is 1. The van der Waals surface area contributed by atoms with Crippen LogP contribution in [0.3, 0.4) is 0 Å². The lowest BCUT2D eigenvalue weighted by Crippen LogP contribution is -2.47. The topological polar surface area (TPSA) is 37.2 Å². The zero-order chi connectivity index (χ0) is 20.7. The van der Waals surface area contributed by atoms with Gasteiger partial charge in [0, 0.05) is 21.2 Å². The molecule has 0 saturated carbocycles. The quantitative estimate of drug-likeness (QED) is 0.425. The van der Waals surface area contributed by atoms with Crippen LogP contribution in [0, 0.1) is 0 Å². The molecule has 0 saturated heterocycles. The van der Waals surface area contributed by atoms with Gasteiger partial charge in [-0.3, -0.25) is 4.90 Å². The first-order valence-electron chi connectivity index (χ1n) is 9.40. The summed E-state index contributed by atoms with van der Waals surface area (Å²) in [6.07, 6.45) is 2.58. The Morgan fingerprint density at radius 3 is 2.30 bits per heavy atom. The van der Waals surface area contributed by atoms with E-state index in [1.807, 2.05) is 79.1 Å². The SMILES string of the molecule is CSC1=Nc2ccccc2N2C(c3ccc(Cl)cc3)=NOC2(c2ccc(Cl)cc2)C1. The van der Waals surface area contributed by atoms with Gasteiger partial charge in [0.05, 0.1) is 22.8 Å². The zero-order valence-corrected chi connectivity index (χ0v) is 18.4. The predicted octanol–water partition coefficient (Wildman–Crippen LogP) is 6.84. The molecule has 2 aliphatic heterocycles. The van der Waals surface area contributed by atoms with Crippen LogP contribution in [0.4, 0.5) is 11.4 Å². The highest BCUT2D eigenvalue weighted by molar-refractivity contribution is 8.13. The van der Waals surface area contributed by atoms with Crippen LogP contribution in [0.2, 0.25) is 10.0 Å². The third-order valence-electron chi connectivity index (χ3n) is 5.25. The molecule has 0 N–H and O–H groups in total. The third-order valence-corrected chi connectivity index (χ3v) is 6.46. The number of thioether (sulfide) groups is 1. The van der Waals surface area contributed by atoms with Gasteiger partial charge in [-0.05, 0) is 54.8 Å². The van der Waals surface area contributed by atoms with Crippen molar-refractivity contribution < 1.29 is 4.84 Å². The van der Waals surface area contributed by atoms with E-state index in [1.165, 1.54) is 0 Å². The number of para-hydroxylation sites is 2. The first kappa shape index (κ1) is 19.5. The number of amidine groups is 1. The van der Waals surface area contributed by atoms with Crippen LogP contribution in [0.5, 0.6) is 0 Å². The Bertz CT molecular complexity index is 1160. The first-order valence-corrected chi connectivity index (χ1v) is 11.4. The van der Waals surface area contributed by atoms with E-state index in [9.17, 15) is 0 Å². The minimum atomic E-state index is -0.867. The maximum absolute atomic E-state index is 6.28. The molecule has 30 heavy (non-hydrogen) atoms. The Balaban J connectivity index is 1.75. The second-order valence-electron chi connectivity index (χ2n) is 7.01. The Morgan fingerprint density at radius 1 is 0.933 bits per heavy atom. The number of halogens is 2. The molecule has 1 unspecified atom stereocenters. The fourth-order valence-electron chi connectivity index (χ4n) is 3.81. The van der Waals surface area contributed by atoms with Crippen molar-refractivity contribution in [2.75, 3.05) is 11.2 Å². The molecule has 0 amide bonds. The van der Waals surface area contributed by atoms with E-state index in [0.29, 0.717) is 22.3 Å². The second kappa shape index (κ2) is 7.65. The highest BCUT2D eigenvalue weighted by Gasteiger charge is 2.51. The van der Waals surface area contributed by atoms with Crippen molar-refractivity contribution in [2.24, 2.45) is 10.1 Å². The van der Waals surface area contributed by atoms with Crippen LogP contribution in [-0.4, -0.2) is 17.1 Å². The summed E-state index contributed by atoms with van der Waals surface area (Å²) >= 11 is 13.9. The molecule has 0 aromatic heterocycles. The molecule has 1 atom stereocenters. The number of oxime groups is 1. The molecule has 2 heterocycles. The van der Waals surface area contributed by atoms with Crippen LogP contribution < -0.4 is 4.90 Å². The molecule has 3 aromatic rings. The summed E-state index contributed by atoms with van der Waals surface area (Å²) in [5.41, 5.74) is 2.82. The van der Waals surface area contributed by atoms with Gasteiger partial charge in [-0.15, -0.1) is 11.8 Å². The summed E-state index contributed by atoms with van der Waals surface area (Å²) in [5, 5.41) is 6.87. The Hall–Kier alpha value is -2.47. The summed E-state index contributed by atoms with van der Waals surface area (Å²) in [6, 6.07) is 23.4. The Morgan fingerprint density at radius 2 is 1.60 bits per heavy atom. The largest absolute Gasteiger partial charge is 0.359 e. The fraction of sp³-hybridized carbons (Fsp3) is 0.130. The minimum Gasteiger partial charge on any atom is -0.359 e. The normalized spacial score (nSPS) is 19.9. The summed E-state index contributed by atoms with van der Waals surface area (Å²) < 4.78 is 0. The maximum atomic E-state index is 6.28. The van der Waals surface area contributed by atoms with Gasteiger partial charge in [-0.1, -0.05) is 52.6 Å². The minimum absolute atomic E-state index is 0.547. The van der Waals surface area contributed by atoms with Crippen molar-refractivity contribution in [1.82, 2.24) is 0 Å². The summed E-state index contributed by atoms with van der Waals surface area (Å²) in [7, 11) is 0. The number of hydrogen-bond acceptors (Lipinski definition) is 5. The van der Waals surface area contributed by atoms with E-state index < -0.39 is 5.72 Å². The van der Waals surface area contributed by atoms with Crippen molar-refractivity contribution in [3.63, 3.8) is 0 Å². The number of hydrogen-bond donors (Lipinski definition) is 0. The van der Waals surface area contributed by atoms with E-state index in [2.05, 4.69) is 10.1 Å². The summed E-state index contributed by atoms with van der Waals surface area (Å²) in [6.45, 7) is 0. The highest BCUT2D eigenvalue weighted by atomic mass is 35.5. The molecule has 0 bridgehead atoms. The van der Waals surface area contributed by atoms with Gasteiger partial charge in [0.1, 0.15) is 0 Å². The molecule has 4 nitrogen and oxygen atoms in total. The first-order chi connectivity index (χ1) is 14.6. The smallest absolute Gasteiger partial charge is 0.247 e. The standard InChI is InChI=1S/C23H17Cl2N3OS/c1-30-21-14-23(16-8-12-18(25)13-9-16)28(20-5-3-2-4-19(20)26-21)22(27-29-23)15-6-10-17(24)11-7-15/h2-13H,14H2,1H3. The van der Waals surface area contributed by atoms with Crippen molar-refractivity contribution in [2.45, 2.75) is 12.1 Å². The molecule has 7 heteroatoms. The lowest BCUT2D eigenvalue weighted by Gasteiger charge is -2.37. The Kier molecular flexibility index (Phi) is 4.97. The predicted molar refractivity (Wildman–Crippen MR) is 126 cm³/mol. The van der Waals surface area contributed by atoms with Gasteiger partial charge in [0.15, 0.2) is 5.84 Å². The van der Waals surface area contributed by atoms with Crippen molar-refractivity contribution in [3.8, 4) is 0 Å². The number of anilines is 1. The van der Waals surface area contributed by atoms with Crippen molar-refractivity contribution in [3.05, 3.63) is 94.0 Å². The van der Waals surface area contributed by atoms with Crippen molar-refractivity contribution in [1.29, 1.82) is 0 Å². The van der Waals surface area contributed by atoms with Gasteiger partial charge in [0.25, 0.3) is 0 Å². The number of rotatable bonds is 2. The van der Waals surface area contributed by atoms with E-state index >= 15 is 0 Å². The van der Waals surface area contributed by atoms with Gasteiger partial charge in [0.2, 0.25) is 5.72 Å². The third kappa shape index (κ3) is 3.18. The van der Waals surface area contributed by atoms with Crippen LogP contribution in [0.25, 0.3) is 0 Å². The molecule has 0 radical (unpaired) electrons. The highest BCUT2D eigenvalue weighted by Crippen LogP contribution is 2.49. The van der Waals surface area contributed by atoms with E-state index in [-0.39, 0.29) is 0 Å². The zero-order valence-electron chi connectivity index (χ0n) is 16.0. The molecule has 0 aliphatic carbocycles. The molecular weight excluding hydrogens is 437 g/mol. The second-order valence-corrected chi connectivity index (χ2v) is 8.77. The van der Waals surface area contributed by atoms with E-state index in [1.54, 1.807) is 11.8 Å². The van der Waals surface area contributed by atoms with E-state index in [4.69, 9.17) is 33.0 Å².